The fraction of sp³-hybridized carbons (Fsp3) is 0.455. The first-order valence-electron chi connectivity index (χ1n) is 5.71. The number of carbonyl (C=O) groups excluding carboxylic acids is 1. The van der Waals surface area contributed by atoms with Crippen molar-refractivity contribution in [3.8, 4) is 0 Å². The number of hydrazine groups is 1. The number of amides is 1. The molecule has 1 unspecified atom stereocenters. The molecule has 8 nitrogen and oxygen atoms in total. The highest BCUT2D eigenvalue weighted by atomic mass is 16.5. The molecule has 0 saturated carbocycles. The molecule has 0 spiro atoms. The molecular weight excluding hydrogens is 254 g/mol. The Morgan fingerprint density at radius 3 is 2.63 bits per heavy atom. The fourth-order valence-electron chi connectivity index (χ4n) is 1.65. The van der Waals surface area contributed by atoms with E-state index in [-0.39, 0.29) is 6.61 Å². The van der Waals surface area contributed by atoms with Crippen molar-refractivity contribution < 1.29 is 24.9 Å². The summed E-state index contributed by atoms with van der Waals surface area (Å²) in [5, 5.41) is 28.4. The summed E-state index contributed by atoms with van der Waals surface area (Å²) in [4.78, 5) is 15.5. The van der Waals surface area contributed by atoms with Gasteiger partial charge in [0.2, 0.25) is 0 Å². The van der Waals surface area contributed by atoms with E-state index in [2.05, 4.69) is 15.8 Å². The van der Waals surface area contributed by atoms with Gasteiger partial charge >= 0.3 is 0 Å². The van der Waals surface area contributed by atoms with Crippen LogP contribution in [0.4, 0.5) is 0 Å². The largest absolute Gasteiger partial charge is 0.388 e. The van der Waals surface area contributed by atoms with Crippen molar-refractivity contribution in [1.82, 2.24) is 15.8 Å². The summed E-state index contributed by atoms with van der Waals surface area (Å²) in [5.41, 5.74) is 5.18. The van der Waals surface area contributed by atoms with Crippen LogP contribution in [0.2, 0.25) is 0 Å². The lowest BCUT2D eigenvalue weighted by Crippen LogP contribution is -2.61. The first-order chi connectivity index (χ1) is 9.09. The van der Waals surface area contributed by atoms with Gasteiger partial charge in [-0.05, 0) is 12.1 Å². The van der Waals surface area contributed by atoms with E-state index in [1.165, 1.54) is 24.5 Å². The number of aromatic nitrogens is 1. The van der Waals surface area contributed by atoms with Crippen molar-refractivity contribution in [2.75, 3.05) is 6.61 Å². The van der Waals surface area contributed by atoms with E-state index in [0.717, 1.165) is 0 Å². The van der Waals surface area contributed by atoms with E-state index in [4.69, 9.17) is 4.74 Å². The van der Waals surface area contributed by atoms with Crippen molar-refractivity contribution in [2.45, 2.75) is 24.5 Å². The van der Waals surface area contributed by atoms with Gasteiger partial charge in [0.1, 0.15) is 18.3 Å². The van der Waals surface area contributed by atoms with Gasteiger partial charge in [-0.25, -0.2) is 5.43 Å². The molecule has 0 radical (unpaired) electrons. The van der Waals surface area contributed by atoms with Crippen LogP contribution in [-0.2, 0) is 4.74 Å². The van der Waals surface area contributed by atoms with Gasteiger partial charge < -0.3 is 20.1 Å². The third kappa shape index (κ3) is 3.25. The Morgan fingerprint density at radius 1 is 1.26 bits per heavy atom. The van der Waals surface area contributed by atoms with Crippen LogP contribution in [0.15, 0.2) is 24.5 Å². The van der Waals surface area contributed by atoms with Crippen LogP contribution in [-0.4, -0.2) is 57.4 Å². The van der Waals surface area contributed by atoms with Crippen molar-refractivity contribution in [2.24, 2.45) is 0 Å². The Bertz CT molecular complexity index is 430. The standard InChI is InChI=1S/C11H15N3O5/c15-7-5-19-11(9(17)8(7)16)14-13-10(18)6-1-3-12-4-2-6/h1-4,7-9,11,14-17H,5H2,(H,13,18)/t7-,8+,9+,11?/m0/s1. The van der Waals surface area contributed by atoms with Crippen molar-refractivity contribution in [1.29, 1.82) is 0 Å². The molecule has 5 N–H and O–H groups in total. The molecule has 0 aliphatic carbocycles. The molecule has 0 bridgehead atoms. The maximum atomic E-state index is 11.7. The molecular formula is C11H15N3O5. The maximum absolute atomic E-state index is 11.7. The molecule has 2 heterocycles. The average Bonchev–Trinajstić information content (AvgIpc) is 2.45. The summed E-state index contributed by atoms with van der Waals surface area (Å²) in [6.45, 7) is -0.138. The number of carbonyl (C=O) groups is 1. The lowest BCUT2D eigenvalue weighted by molar-refractivity contribution is -0.197. The van der Waals surface area contributed by atoms with Gasteiger partial charge in [-0.15, -0.1) is 0 Å². The van der Waals surface area contributed by atoms with E-state index >= 15 is 0 Å². The summed E-state index contributed by atoms with van der Waals surface area (Å²) in [7, 11) is 0. The average molecular weight is 269 g/mol. The number of hydrogen-bond donors (Lipinski definition) is 5. The van der Waals surface area contributed by atoms with Gasteiger partial charge in [0.05, 0.1) is 6.61 Å². The first-order valence-corrected chi connectivity index (χ1v) is 5.71. The Morgan fingerprint density at radius 2 is 1.95 bits per heavy atom. The highest BCUT2D eigenvalue weighted by Gasteiger charge is 2.37. The monoisotopic (exact) mass is 269 g/mol. The summed E-state index contributed by atoms with van der Waals surface area (Å²) < 4.78 is 5.06. The summed E-state index contributed by atoms with van der Waals surface area (Å²) >= 11 is 0. The SMILES string of the molecule is O=C(NNC1OC[C@H](O)[C@@H](O)[C@H]1O)c1ccncc1. The molecule has 104 valence electrons. The number of rotatable bonds is 3. The molecule has 1 fully saturated rings. The third-order valence-electron chi connectivity index (χ3n) is 2.77. The number of hydrogen-bond acceptors (Lipinski definition) is 7. The molecule has 1 aliphatic heterocycles. The smallest absolute Gasteiger partial charge is 0.265 e. The van der Waals surface area contributed by atoms with E-state index in [9.17, 15) is 20.1 Å². The molecule has 4 atom stereocenters. The fourth-order valence-corrected chi connectivity index (χ4v) is 1.65. The van der Waals surface area contributed by atoms with Crippen LogP contribution >= 0.6 is 0 Å². The minimum Gasteiger partial charge on any atom is -0.388 e. The number of ether oxygens (including phenoxy) is 1. The van der Waals surface area contributed by atoms with Gasteiger partial charge in [0, 0.05) is 18.0 Å². The van der Waals surface area contributed by atoms with Gasteiger partial charge in [0.25, 0.3) is 5.91 Å². The van der Waals surface area contributed by atoms with Crippen molar-refractivity contribution >= 4 is 5.91 Å². The molecule has 1 aliphatic rings. The van der Waals surface area contributed by atoms with E-state index < -0.39 is 30.4 Å². The second-order valence-electron chi connectivity index (χ2n) is 4.14. The normalized spacial score (nSPS) is 30.9. The van der Waals surface area contributed by atoms with Crippen LogP contribution < -0.4 is 10.9 Å². The lowest BCUT2D eigenvalue weighted by Gasteiger charge is -2.35. The first kappa shape index (κ1) is 13.8. The lowest BCUT2D eigenvalue weighted by atomic mass is 10.1. The van der Waals surface area contributed by atoms with Gasteiger partial charge in [-0.2, -0.15) is 0 Å². The zero-order chi connectivity index (χ0) is 13.8. The Labute approximate surface area is 109 Å². The zero-order valence-corrected chi connectivity index (χ0v) is 9.93. The number of nitrogens with one attached hydrogen (secondary N) is 2. The molecule has 8 heteroatoms. The van der Waals surface area contributed by atoms with Gasteiger partial charge in [-0.1, -0.05) is 0 Å². The Hall–Kier alpha value is -1.58. The molecule has 0 aromatic carbocycles. The minimum atomic E-state index is -1.35. The number of pyridine rings is 1. The molecule has 2 rings (SSSR count). The van der Waals surface area contributed by atoms with Crippen LogP contribution in [0, 0.1) is 0 Å². The number of aliphatic hydroxyl groups excluding tert-OH is 3. The molecule has 1 aromatic heterocycles. The van der Waals surface area contributed by atoms with Gasteiger partial charge in [-0.3, -0.25) is 15.2 Å². The van der Waals surface area contributed by atoms with E-state index in [0.29, 0.717) is 5.56 Å². The summed E-state index contributed by atoms with van der Waals surface area (Å²) in [5.74, 6) is -0.432. The summed E-state index contributed by atoms with van der Waals surface area (Å²) in [6.07, 6.45) is -1.87. The maximum Gasteiger partial charge on any atom is 0.265 e. The second-order valence-corrected chi connectivity index (χ2v) is 4.14. The zero-order valence-electron chi connectivity index (χ0n) is 9.93. The number of aliphatic hydroxyl groups is 3. The Balaban J connectivity index is 1.87. The summed E-state index contributed by atoms with van der Waals surface area (Å²) in [6, 6.07) is 3.04. The van der Waals surface area contributed by atoms with Crippen LogP contribution in [0.3, 0.4) is 0 Å². The minimum absolute atomic E-state index is 0.138. The molecule has 1 saturated heterocycles. The van der Waals surface area contributed by atoms with Crippen LogP contribution in [0.25, 0.3) is 0 Å². The quantitative estimate of drug-likeness (QED) is 0.393. The van der Waals surface area contributed by atoms with E-state index in [1.807, 2.05) is 0 Å². The molecule has 1 aromatic rings. The topological polar surface area (TPSA) is 124 Å². The van der Waals surface area contributed by atoms with Crippen LogP contribution in [0.1, 0.15) is 10.4 Å². The van der Waals surface area contributed by atoms with Gasteiger partial charge in [0.15, 0.2) is 6.23 Å². The molecule has 19 heavy (non-hydrogen) atoms. The van der Waals surface area contributed by atoms with E-state index in [1.54, 1.807) is 0 Å². The third-order valence-corrected chi connectivity index (χ3v) is 2.77. The number of nitrogens with zero attached hydrogens (tertiary/aromatic N) is 1. The highest BCUT2D eigenvalue weighted by molar-refractivity contribution is 5.93. The Kier molecular flexibility index (Phi) is 4.40. The van der Waals surface area contributed by atoms with Crippen molar-refractivity contribution in [3.63, 3.8) is 0 Å². The predicted molar refractivity (Wildman–Crippen MR) is 62.6 cm³/mol. The predicted octanol–water partition coefficient (Wildman–Crippen LogP) is -2.24. The highest BCUT2D eigenvalue weighted by Crippen LogP contribution is 2.13. The molecule has 1 amide bonds. The van der Waals surface area contributed by atoms with Crippen LogP contribution in [0.5, 0.6) is 0 Å². The second kappa shape index (κ2) is 6.04. The van der Waals surface area contributed by atoms with Crippen molar-refractivity contribution in [3.05, 3.63) is 30.1 Å².